The number of para-hydroxylation sites is 4. The lowest BCUT2D eigenvalue weighted by Crippen LogP contribution is -2.03. The summed E-state index contributed by atoms with van der Waals surface area (Å²) in [6.45, 7) is 0. The molecule has 5 aromatic heterocycles. The van der Waals surface area contributed by atoms with Crippen LogP contribution in [-0.2, 0) is 0 Å². The van der Waals surface area contributed by atoms with Gasteiger partial charge in [-0.3, -0.25) is 0 Å². The van der Waals surface area contributed by atoms with Crippen LogP contribution >= 0.6 is 0 Å². The van der Waals surface area contributed by atoms with E-state index in [1.807, 2.05) is 97.1 Å². The minimum Gasteiger partial charge on any atom is -0.456 e. The molecule has 0 amide bonds. The Morgan fingerprint density at radius 2 is 0.875 bits per heavy atom. The summed E-state index contributed by atoms with van der Waals surface area (Å²) in [4.78, 5) is 15.3. The van der Waals surface area contributed by atoms with Crippen LogP contribution in [0, 0.1) is 11.3 Å². The van der Waals surface area contributed by atoms with E-state index < -0.39 is 0 Å². The van der Waals surface area contributed by atoms with E-state index >= 15 is 0 Å². The first-order valence-corrected chi connectivity index (χ1v) is 23.9. The zero-order valence-electron chi connectivity index (χ0n) is 38.3. The van der Waals surface area contributed by atoms with Crippen LogP contribution in [0.5, 0.6) is 0 Å². The summed E-state index contributed by atoms with van der Waals surface area (Å²) < 4.78 is 17.9. The smallest absolute Gasteiger partial charge is 0.167 e. The molecule has 0 atom stereocenters. The highest BCUT2D eigenvalue weighted by Gasteiger charge is 2.28. The molecule has 0 radical (unpaired) electrons. The summed E-state index contributed by atoms with van der Waals surface area (Å²) >= 11 is 0. The average Bonchev–Trinajstić information content (AvgIpc) is 4.21. The second kappa shape index (κ2) is 15.5. The minimum atomic E-state index is 0.402. The highest BCUT2D eigenvalue weighted by atomic mass is 16.3. The second-order valence-electron chi connectivity index (χ2n) is 18.2. The van der Waals surface area contributed by atoms with E-state index in [9.17, 15) is 5.26 Å². The van der Waals surface area contributed by atoms with Crippen LogP contribution in [0.15, 0.2) is 227 Å². The van der Waals surface area contributed by atoms with Gasteiger partial charge in [0, 0.05) is 54.5 Å². The van der Waals surface area contributed by atoms with Crippen molar-refractivity contribution in [2.75, 3.05) is 0 Å². The zero-order chi connectivity index (χ0) is 47.4. The number of rotatable bonds is 6. The molecule has 0 aliphatic heterocycles. The minimum absolute atomic E-state index is 0.402. The first kappa shape index (κ1) is 39.9. The first-order valence-electron chi connectivity index (χ1n) is 23.9. The van der Waals surface area contributed by atoms with Crippen LogP contribution in [-0.4, -0.2) is 24.1 Å². The van der Waals surface area contributed by atoms with Crippen molar-refractivity contribution in [3.63, 3.8) is 0 Å². The highest BCUT2D eigenvalue weighted by molar-refractivity contribution is 6.30. The molecule has 0 fully saturated rings. The molecular formula is C64H36N6O2. The number of furan rings is 2. The predicted molar refractivity (Wildman–Crippen MR) is 290 cm³/mol. The summed E-state index contributed by atoms with van der Waals surface area (Å²) in [5, 5.41) is 19.8. The van der Waals surface area contributed by atoms with Gasteiger partial charge >= 0.3 is 0 Å². The molecule has 0 aliphatic rings. The van der Waals surface area contributed by atoms with Crippen molar-refractivity contribution in [1.29, 1.82) is 5.26 Å². The normalized spacial score (nSPS) is 11.9. The van der Waals surface area contributed by atoms with Crippen LogP contribution in [0.3, 0.4) is 0 Å². The zero-order valence-corrected chi connectivity index (χ0v) is 38.3. The van der Waals surface area contributed by atoms with Gasteiger partial charge in [0.05, 0.1) is 44.3 Å². The fourth-order valence-electron chi connectivity index (χ4n) is 11.0. The third-order valence-corrected chi connectivity index (χ3v) is 14.2. The van der Waals surface area contributed by atoms with Crippen molar-refractivity contribution in [3.05, 3.63) is 224 Å². The topological polar surface area (TPSA) is 98.6 Å². The molecule has 0 saturated carbocycles. The molecule has 15 rings (SSSR count). The molecule has 334 valence electrons. The molecule has 0 unspecified atom stereocenters. The van der Waals surface area contributed by atoms with Gasteiger partial charge in [0.15, 0.2) is 17.5 Å². The molecular weight excluding hydrogens is 885 g/mol. The number of aromatic nitrogens is 5. The molecule has 72 heavy (non-hydrogen) atoms. The Hall–Kier alpha value is -10.1. The van der Waals surface area contributed by atoms with Gasteiger partial charge in [-0.1, -0.05) is 146 Å². The second-order valence-corrected chi connectivity index (χ2v) is 18.2. The van der Waals surface area contributed by atoms with Crippen LogP contribution in [0.1, 0.15) is 5.56 Å². The van der Waals surface area contributed by atoms with Crippen LogP contribution in [0.25, 0.3) is 144 Å². The van der Waals surface area contributed by atoms with Gasteiger partial charge < -0.3 is 18.0 Å². The lowest BCUT2D eigenvalue weighted by atomic mass is 9.99. The van der Waals surface area contributed by atoms with Crippen LogP contribution < -0.4 is 0 Å². The molecule has 8 nitrogen and oxygen atoms in total. The Balaban J connectivity index is 1.06. The monoisotopic (exact) mass is 920 g/mol. The number of hydrogen-bond donors (Lipinski definition) is 0. The van der Waals surface area contributed by atoms with E-state index in [1.165, 1.54) is 0 Å². The van der Waals surface area contributed by atoms with Gasteiger partial charge in [-0.15, -0.1) is 0 Å². The fraction of sp³-hybridized carbons (Fsp3) is 0. The maximum absolute atomic E-state index is 11.6. The van der Waals surface area contributed by atoms with E-state index in [-0.39, 0.29) is 0 Å². The van der Waals surface area contributed by atoms with Gasteiger partial charge in [0.25, 0.3) is 0 Å². The lowest BCUT2D eigenvalue weighted by Gasteiger charge is -2.15. The van der Waals surface area contributed by atoms with Crippen molar-refractivity contribution >= 4 is 87.5 Å². The first-order chi connectivity index (χ1) is 35.7. The summed E-state index contributed by atoms with van der Waals surface area (Å²) in [6.07, 6.45) is 0. The molecule has 0 saturated heterocycles. The maximum atomic E-state index is 11.6. The molecule has 10 aromatic carbocycles. The molecule has 8 heteroatoms. The van der Waals surface area contributed by atoms with E-state index in [0.29, 0.717) is 45.5 Å². The molecule has 0 spiro atoms. The third-order valence-electron chi connectivity index (χ3n) is 14.2. The van der Waals surface area contributed by atoms with Gasteiger partial charge in [-0.25, -0.2) is 15.0 Å². The van der Waals surface area contributed by atoms with Crippen molar-refractivity contribution in [2.45, 2.75) is 0 Å². The third kappa shape index (κ3) is 5.89. The largest absolute Gasteiger partial charge is 0.456 e. The Morgan fingerprint density at radius 3 is 1.58 bits per heavy atom. The number of nitrogens with zero attached hydrogens (tertiary/aromatic N) is 6. The molecule has 15 aromatic rings. The van der Waals surface area contributed by atoms with Crippen LogP contribution in [0.2, 0.25) is 0 Å². The number of hydrogen-bond acceptors (Lipinski definition) is 6. The standard InChI is InChI=1S/C64H36N6O2/c65-37-42-36-49(64-67-62(38-16-4-1-5-17-38)66-63(68-64)39-18-6-2-7-19-39)61-59(46-24-12-15-27-55(46)72-61)60(42)70-51-30-28-40(41-29-33-56-47(34-41)44-22-11-14-26-54(44)71-56)35-48(51)58-53(70)32-31-52-57(58)45-23-10-13-25-50(45)69(52)43-20-8-3-9-21-43/h1-36H. The summed E-state index contributed by atoms with van der Waals surface area (Å²) in [6, 6.07) is 77.4. The Labute approximate surface area is 410 Å². The molecule has 0 aliphatic carbocycles. The Kier molecular flexibility index (Phi) is 8.55. The number of benzene rings is 10. The van der Waals surface area contributed by atoms with E-state index in [2.05, 4.69) is 137 Å². The SMILES string of the molecule is N#Cc1cc(-c2nc(-c3ccccc3)nc(-c3ccccc3)n2)c2oc3ccccc3c2c1-n1c2ccc(-c3ccc4oc5ccccc5c4c3)cc2c2c3c4ccccc4n(-c4ccccc4)c3ccc21. The van der Waals surface area contributed by atoms with E-state index in [4.69, 9.17) is 23.8 Å². The highest BCUT2D eigenvalue weighted by Crippen LogP contribution is 2.48. The number of fused-ring (bicyclic) bond motifs is 13. The molecule has 0 N–H and O–H groups in total. The van der Waals surface area contributed by atoms with Crippen molar-refractivity contribution in [2.24, 2.45) is 0 Å². The summed E-state index contributed by atoms with van der Waals surface area (Å²) in [5.41, 5.74) is 13.7. The molecule has 0 bridgehead atoms. The van der Waals surface area contributed by atoms with Gasteiger partial charge in [-0.2, -0.15) is 5.26 Å². The lowest BCUT2D eigenvalue weighted by molar-refractivity contribution is 0.668. The average molecular weight is 921 g/mol. The maximum Gasteiger partial charge on any atom is 0.167 e. The quantitative estimate of drug-likeness (QED) is 0.165. The van der Waals surface area contributed by atoms with Gasteiger partial charge in [0.1, 0.15) is 28.4 Å². The van der Waals surface area contributed by atoms with Crippen LogP contribution in [0.4, 0.5) is 0 Å². The van der Waals surface area contributed by atoms with Gasteiger partial charge in [-0.05, 0) is 83.9 Å². The van der Waals surface area contributed by atoms with Crippen molar-refractivity contribution < 1.29 is 8.83 Å². The summed E-state index contributed by atoms with van der Waals surface area (Å²) in [7, 11) is 0. The fourth-order valence-corrected chi connectivity index (χ4v) is 11.0. The van der Waals surface area contributed by atoms with Gasteiger partial charge in [0.2, 0.25) is 0 Å². The van der Waals surface area contributed by atoms with E-state index in [0.717, 1.165) is 104 Å². The molecule has 5 heterocycles. The van der Waals surface area contributed by atoms with Crippen molar-refractivity contribution in [1.82, 2.24) is 24.1 Å². The van der Waals surface area contributed by atoms with E-state index in [1.54, 1.807) is 0 Å². The predicted octanol–water partition coefficient (Wildman–Crippen LogP) is 16.4. The Morgan fingerprint density at radius 1 is 0.361 bits per heavy atom. The Bertz CT molecular complexity index is 4690. The summed E-state index contributed by atoms with van der Waals surface area (Å²) in [5.74, 6) is 1.44. The number of nitriles is 1. The van der Waals surface area contributed by atoms with Crippen molar-refractivity contribution in [3.8, 4) is 62.7 Å².